The zero-order chi connectivity index (χ0) is 14.2. The number of rotatable bonds is 4. The van der Waals surface area contributed by atoms with Gasteiger partial charge in [0, 0.05) is 18.1 Å². The van der Waals surface area contributed by atoms with Gasteiger partial charge in [0.05, 0.1) is 16.5 Å². The van der Waals surface area contributed by atoms with Crippen LogP contribution in [0.4, 0.5) is 0 Å². The molecule has 0 saturated heterocycles. The molecule has 2 N–H and O–H groups in total. The highest BCUT2D eigenvalue weighted by atomic mass is 32.2. The highest BCUT2D eigenvalue weighted by molar-refractivity contribution is 7.89. The highest BCUT2D eigenvalue weighted by Gasteiger charge is 2.28. The molecule has 5 nitrogen and oxygen atoms in total. The zero-order valence-electron chi connectivity index (χ0n) is 10.9. The van der Waals surface area contributed by atoms with Crippen LogP contribution in [0.25, 0.3) is 10.9 Å². The zero-order valence-corrected chi connectivity index (χ0v) is 11.7. The van der Waals surface area contributed by atoms with Gasteiger partial charge in [-0.25, -0.2) is 13.1 Å². The van der Waals surface area contributed by atoms with E-state index in [4.69, 9.17) is 0 Å². The maximum Gasteiger partial charge on any atom is 0.241 e. The minimum atomic E-state index is -3.55. The molecule has 1 aliphatic rings. The van der Waals surface area contributed by atoms with E-state index in [-0.39, 0.29) is 16.9 Å². The molecule has 1 fully saturated rings. The van der Waals surface area contributed by atoms with E-state index in [2.05, 4.69) is 9.71 Å². The first-order valence-electron chi connectivity index (χ1n) is 6.58. The number of pyridine rings is 1. The molecule has 6 heteroatoms. The number of nitrogens with one attached hydrogen (secondary N) is 1. The third kappa shape index (κ3) is 2.54. The number of benzene rings is 1. The molecule has 0 amide bonds. The number of aromatic nitrogens is 1. The van der Waals surface area contributed by atoms with Gasteiger partial charge in [-0.2, -0.15) is 0 Å². The van der Waals surface area contributed by atoms with Crippen molar-refractivity contribution < 1.29 is 13.5 Å². The fourth-order valence-electron chi connectivity index (χ4n) is 2.48. The molecule has 1 saturated carbocycles. The van der Waals surface area contributed by atoms with Gasteiger partial charge in [0.2, 0.25) is 10.0 Å². The fourth-order valence-corrected chi connectivity index (χ4v) is 3.81. The Morgan fingerprint density at radius 1 is 1.25 bits per heavy atom. The van der Waals surface area contributed by atoms with Crippen molar-refractivity contribution in [3.05, 3.63) is 36.5 Å². The van der Waals surface area contributed by atoms with Gasteiger partial charge in [-0.3, -0.25) is 4.98 Å². The molecule has 1 heterocycles. The van der Waals surface area contributed by atoms with E-state index in [0.29, 0.717) is 30.3 Å². The summed E-state index contributed by atoms with van der Waals surface area (Å²) in [4.78, 5) is 4.42. The lowest BCUT2D eigenvalue weighted by atomic mass is 9.83. The second-order valence-electron chi connectivity index (χ2n) is 5.17. The van der Waals surface area contributed by atoms with Gasteiger partial charge in [-0.05, 0) is 43.0 Å². The van der Waals surface area contributed by atoms with Crippen LogP contribution in [0, 0.1) is 5.92 Å². The lowest BCUT2D eigenvalue weighted by Gasteiger charge is -2.31. The van der Waals surface area contributed by atoms with Gasteiger partial charge < -0.3 is 5.11 Å². The van der Waals surface area contributed by atoms with E-state index in [0.717, 1.165) is 0 Å². The van der Waals surface area contributed by atoms with Crippen LogP contribution in [0.2, 0.25) is 0 Å². The summed E-state index contributed by atoms with van der Waals surface area (Å²) in [5, 5.41) is 9.84. The average Bonchev–Trinajstić information content (AvgIpc) is 2.42. The predicted octanol–water partition coefficient (Wildman–Crippen LogP) is 1.28. The van der Waals surface area contributed by atoms with Crippen molar-refractivity contribution in [2.45, 2.75) is 23.8 Å². The third-order valence-corrected chi connectivity index (χ3v) is 5.15. The summed E-state index contributed by atoms with van der Waals surface area (Å²) < 4.78 is 27.4. The number of aliphatic hydroxyl groups excluding tert-OH is 1. The predicted molar refractivity (Wildman–Crippen MR) is 75.7 cm³/mol. The van der Waals surface area contributed by atoms with Crippen molar-refractivity contribution in [3.63, 3.8) is 0 Å². The maximum atomic E-state index is 12.4. The average molecular weight is 292 g/mol. The van der Waals surface area contributed by atoms with Gasteiger partial charge in [0.25, 0.3) is 0 Å². The largest absolute Gasteiger partial charge is 0.393 e. The van der Waals surface area contributed by atoms with Crippen molar-refractivity contribution in [2.24, 2.45) is 5.92 Å². The summed E-state index contributed by atoms with van der Waals surface area (Å²) >= 11 is 0. The van der Waals surface area contributed by atoms with Gasteiger partial charge in [0.1, 0.15) is 0 Å². The van der Waals surface area contributed by atoms with Crippen LogP contribution in [0.3, 0.4) is 0 Å². The summed E-state index contributed by atoms with van der Waals surface area (Å²) in [6, 6.07) is 8.54. The third-order valence-electron chi connectivity index (χ3n) is 3.67. The minimum absolute atomic E-state index is 0.230. The summed E-state index contributed by atoms with van der Waals surface area (Å²) in [6.07, 6.45) is 2.70. The Bertz CT molecular complexity index is 719. The molecule has 2 aromatic rings. The SMILES string of the molecule is O=S(=O)(NCC1CC(O)C1)c1cccc2ncccc12. The van der Waals surface area contributed by atoms with Gasteiger partial charge in [0.15, 0.2) is 0 Å². The first-order valence-corrected chi connectivity index (χ1v) is 8.06. The highest BCUT2D eigenvalue weighted by Crippen LogP contribution is 2.27. The Kier molecular flexibility index (Phi) is 3.45. The lowest BCUT2D eigenvalue weighted by molar-refractivity contribution is 0.0453. The first kappa shape index (κ1) is 13.5. The van der Waals surface area contributed by atoms with E-state index in [9.17, 15) is 13.5 Å². The molecule has 0 unspecified atom stereocenters. The second-order valence-corrected chi connectivity index (χ2v) is 6.90. The normalized spacial score (nSPS) is 22.6. The number of hydrogen-bond acceptors (Lipinski definition) is 4. The van der Waals surface area contributed by atoms with Crippen LogP contribution < -0.4 is 4.72 Å². The molecule has 3 rings (SSSR count). The smallest absolute Gasteiger partial charge is 0.241 e. The summed E-state index contributed by atoms with van der Waals surface area (Å²) in [5.74, 6) is 0.230. The summed E-state index contributed by atoms with van der Waals surface area (Å²) in [5.41, 5.74) is 0.662. The van der Waals surface area contributed by atoms with E-state index in [1.165, 1.54) is 0 Å². The molecule has 0 aliphatic heterocycles. The Balaban J connectivity index is 1.85. The second kappa shape index (κ2) is 5.12. The topological polar surface area (TPSA) is 79.3 Å². The number of nitrogens with zero attached hydrogens (tertiary/aromatic N) is 1. The quantitative estimate of drug-likeness (QED) is 0.890. The summed E-state index contributed by atoms with van der Waals surface area (Å²) in [6.45, 7) is 0.371. The summed E-state index contributed by atoms with van der Waals surface area (Å²) in [7, 11) is -3.55. The number of aliphatic hydroxyl groups is 1. The monoisotopic (exact) mass is 292 g/mol. The van der Waals surface area contributed by atoms with Crippen LogP contribution in [0.5, 0.6) is 0 Å². The van der Waals surface area contributed by atoms with E-state index >= 15 is 0 Å². The lowest BCUT2D eigenvalue weighted by Crippen LogP contribution is -2.38. The molecule has 20 heavy (non-hydrogen) atoms. The van der Waals surface area contributed by atoms with Crippen molar-refractivity contribution in [1.82, 2.24) is 9.71 Å². The van der Waals surface area contributed by atoms with Crippen molar-refractivity contribution in [1.29, 1.82) is 0 Å². The Morgan fingerprint density at radius 2 is 2.05 bits per heavy atom. The first-order chi connectivity index (χ1) is 9.56. The van der Waals surface area contributed by atoms with E-state index in [1.54, 1.807) is 36.5 Å². The molecular weight excluding hydrogens is 276 g/mol. The van der Waals surface area contributed by atoms with Crippen LogP contribution in [-0.4, -0.2) is 31.2 Å². The van der Waals surface area contributed by atoms with Crippen molar-refractivity contribution in [3.8, 4) is 0 Å². The van der Waals surface area contributed by atoms with Crippen LogP contribution in [0.15, 0.2) is 41.4 Å². The Morgan fingerprint density at radius 3 is 2.80 bits per heavy atom. The minimum Gasteiger partial charge on any atom is -0.393 e. The number of sulfonamides is 1. The van der Waals surface area contributed by atoms with E-state index in [1.807, 2.05) is 0 Å². The van der Waals surface area contributed by atoms with Crippen LogP contribution in [-0.2, 0) is 10.0 Å². The fraction of sp³-hybridized carbons (Fsp3) is 0.357. The molecule has 0 radical (unpaired) electrons. The standard InChI is InChI=1S/C14H16N2O3S/c17-11-7-10(8-11)9-16-20(18,19)14-5-1-4-13-12(14)3-2-6-15-13/h1-6,10-11,16-17H,7-9H2. The molecule has 1 aromatic carbocycles. The molecule has 1 aliphatic carbocycles. The van der Waals surface area contributed by atoms with Gasteiger partial charge >= 0.3 is 0 Å². The van der Waals surface area contributed by atoms with Gasteiger partial charge in [-0.15, -0.1) is 0 Å². The molecular formula is C14H16N2O3S. The van der Waals surface area contributed by atoms with Crippen molar-refractivity contribution >= 4 is 20.9 Å². The number of hydrogen-bond donors (Lipinski definition) is 2. The Hall–Kier alpha value is -1.50. The maximum absolute atomic E-state index is 12.4. The number of fused-ring (bicyclic) bond motifs is 1. The van der Waals surface area contributed by atoms with Crippen LogP contribution in [0.1, 0.15) is 12.8 Å². The van der Waals surface area contributed by atoms with Crippen molar-refractivity contribution in [2.75, 3.05) is 6.54 Å². The van der Waals surface area contributed by atoms with Crippen LogP contribution >= 0.6 is 0 Å². The molecule has 1 aromatic heterocycles. The Labute approximate surface area is 117 Å². The van der Waals surface area contributed by atoms with Gasteiger partial charge in [-0.1, -0.05) is 6.07 Å². The van der Waals surface area contributed by atoms with E-state index < -0.39 is 10.0 Å². The molecule has 0 spiro atoms. The molecule has 0 bridgehead atoms. The molecule has 106 valence electrons. The molecule has 0 atom stereocenters.